The molecule has 2 aromatic heterocycles. The summed E-state index contributed by atoms with van der Waals surface area (Å²) in [7, 11) is -1.05. The summed E-state index contributed by atoms with van der Waals surface area (Å²) in [5, 5.41) is 0. The van der Waals surface area contributed by atoms with Crippen LogP contribution in [0.15, 0.2) is 59.9 Å². The van der Waals surface area contributed by atoms with Gasteiger partial charge in [-0.1, -0.05) is 12.1 Å². The van der Waals surface area contributed by atoms with Crippen molar-refractivity contribution in [3.63, 3.8) is 0 Å². The van der Waals surface area contributed by atoms with Crippen molar-refractivity contribution in [2.45, 2.75) is 4.90 Å². The van der Waals surface area contributed by atoms with E-state index in [4.69, 9.17) is 0 Å². The molecule has 8 nitrogen and oxygen atoms in total. The minimum atomic E-state index is -1.05. The topological polar surface area (TPSA) is 106 Å². The molecule has 1 aliphatic heterocycles. The zero-order chi connectivity index (χ0) is 20.4. The molecule has 1 fully saturated rings. The summed E-state index contributed by atoms with van der Waals surface area (Å²) < 4.78 is 13.3. The standard InChI is InChI=1S/C21H22N4O3S.H2O/c1-29(28)17-6-4-16(5-7-17)19(26)15-23-11-13-25(14-12-23)21(27)18-3-2-9-24-10-8-22-20(18)24;/h2-10H,11-15H2,1H3;1H2. The highest BCUT2D eigenvalue weighted by Gasteiger charge is 2.25. The van der Waals surface area contributed by atoms with Gasteiger partial charge in [0, 0.05) is 72.3 Å². The lowest BCUT2D eigenvalue weighted by atomic mass is 10.1. The summed E-state index contributed by atoms with van der Waals surface area (Å²) in [4.78, 5) is 34.3. The van der Waals surface area contributed by atoms with E-state index in [9.17, 15) is 13.8 Å². The van der Waals surface area contributed by atoms with E-state index in [1.807, 2.05) is 27.8 Å². The van der Waals surface area contributed by atoms with E-state index in [1.165, 1.54) is 0 Å². The van der Waals surface area contributed by atoms with Crippen molar-refractivity contribution in [2.24, 2.45) is 0 Å². The van der Waals surface area contributed by atoms with Crippen molar-refractivity contribution >= 4 is 28.1 Å². The highest BCUT2D eigenvalue weighted by atomic mass is 32.2. The molecule has 4 rings (SSSR count). The number of carbonyl (C=O) groups excluding carboxylic acids is 2. The predicted molar refractivity (Wildman–Crippen MR) is 114 cm³/mol. The van der Waals surface area contributed by atoms with Crippen LogP contribution >= 0.6 is 0 Å². The van der Waals surface area contributed by atoms with Gasteiger partial charge in [-0.05, 0) is 24.3 Å². The third kappa shape index (κ3) is 4.48. The van der Waals surface area contributed by atoms with E-state index in [1.54, 1.807) is 42.8 Å². The molecule has 0 aliphatic carbocycles. The van der Waals surface area contributed by atoms with Crippen LogP contribution in [0.1, 0.15) is 20.7 Å². The Hall–Kier alpha value is -2.88. The van der Waals surface area contributed by atoms with Gasteiger partial charge in [0.15, 0.2) is 5.78 Å². The summed E-state index contributed by atoms with van der Waals surface area (Å²) in [5.41, 5.74) is 1.87. The van der Waals surface area contributed by atoms with Gasteiger partial charge >= 0.3 is 0 Å². The molecule has 0 saturated carbocycles. The van der Waals surface area contributed by atoms with Gasteiger partial charge in [-0.15, -0.1) is 0 Å². The molecule has 0 spiro atoms. The van der Waals surface area contributed by atoms with Crippen molar-refractivity contribution in [1.29, 1.82) is 0 Å². The van der Waals surface area contributed by atoms with Gasteiger partial charge in [-0.2, -0.15) is 0 Å². The second kappa shape index (κ2) is 9.29. The van der Waals surface area contributed by atoms with Gasteiger partial charge in [0.2, 0.25) is 0 Å². The highest BCUT2D eigenvalue weighted by Crippen LogP contribution is 2.14. The third-order valence-electron chi connectivity index (χ3n) is 5.18. The van der Waals surface area contributed by atoms with Crippen molar-refractivity contribution in [1.82, 2.24) is 19.2 Å². The van der Waals surface area contributed by atoms with Crippen LogP contribution < -0.4 is 0 Å². The molecule has 0 radical (unpaired) electrons. The van der Waals surface area contributed by atoms with Crippen LogP contribution in [-0.2, 0) is 10.8 Å². The monoisotopic (exact) mass is 428 g/mol. The number of nitrogens with zero attached hydrogens (tertiary/aromatic N) is 4. The Morgan fingerprint density at radius 3 is 2.40 bits per heavy atom. The normalized spacial score (nSPS) is 15.6. The first-order valence-electron chi connectivity index (χ1n) is 9.43. The molecule has 2 N–H and O–H groups in total. The van der Waals surface area contributed by atoms with Crippen LogP contribution in [0, 0.1) is 0 Å². The maximum Gasteiger partial charge on any atom is 0.257 e. The minimum absolute atomic E-state index is 0. The molecule has 3 heterocycles. The average Bonchev–Trinajstić information content (AvgIpc) is 3.23. The second-order valence-electron chi connectivity index (χ2n) is 7.05. The molecule has 3 aromatic rings. The minimum Gasteiger partial charge on any atom is -0.412 e. The fraction of sp³-hybridized carbons (Fsp3) is 0.286. The lowest BCUT2D eigenvalue weighted by Gasteiger charge is -2.34. The van der Waals surface area contributed by atoms with Gasteiger partial charge in [0.05, 0.1) is 12.1 Å². The zero-order valence-electron chi connectivity index (χ0n) is 16.7. The Bertz CT molecular complexity index is 1070. The summed E-state index contributed by atoms with van der Waals surface area (Å²) in [6.07, 6.45) is 6.98. The number of amides is 1. The number of piperazine rings is 1. The van der Waals surface area contributed by atoms with E-state index in [-0.39, 0.29) is 17.2 Å². The summed E-state index contributed by atoms with van der Waals surface area (Å²) in [6, 6.07) is 10.6. The van der Waals surface area contributed by atoms with Gasteiger partial charge in [-0.25, -0.2) is 4.98 Å². The van der Waals surface area contributed by atoms with E-state index < -0.39 is 10.8 Å². The van der Waals surface area contributed by atoms with Crippen LogP contribution in [-0.4, -0.2) is 79.5 Å². The van der Waals surface area contributed by atoms with Crippen LogP contribution in [0.25, 0.3) is 5.65 Å². The first-order chi connectivity index (χ1) is 14.0. The van der Waals surface area contributed by atoms with E-state index >= 15 is 0 Å². The number of rotatable bonds is 5. The third-order valence-corrected chi connectivity index (χ3v) is 6.12. The largest absolute Gasteiger partial charge is 0.412 e. The van der Waals surface area contributed by atoms with Crippen LogP contribution in [0.4, 0.5) is 0 Å². The Balaban J connectivity index is 0.00000256. The number of pyridine rings is 1. The summed E-state index contributed by atoms with van der Waals surface area (Å²) in [6.45, 7) is 2.74. The number of carbonyl (C=O) groups is 2. The molecule has 30 heavy (non-hydrogen) atoms. The molecular formula is C21H24N4O4S. The van der Waals surface area contributed by atoms with E-state index in [0.717, 1.165) is 0 Å². The predicted octanol–water partition coefficient (Wildman–Crippen LogP) is 0.888. The van der Waals surface area contributed by atoms with Gasteiger partial charge in [-0.3, -0.25) is 18.7 Å². The van der Waals surface area contributed by atoms with E-state index in [0.29, 0.717) is 54.4 Å². The highest BCUT2D eigenvalue weighted by molar-refractivity contribution is 7.84. The number of hydrogen-bond acceptors (Lipinski definition) is 5. The summed E-state index contributed by atoms with van der Waals surface area (Å²) in [5.74, 6) is -0.00343. The lowest BCUT2D eigenvalue weighted by molar-refractivity contribution is 0.0625. The Morgan fingerprint density at radius 2 is 1.73 bits per heavy atom. The zero-order valence-corrected chi connectivity index (χ0v) is 17.5. The van der Waals surface area contributed by atoms with Gasteiger partial charge in [0.25, 0.3) is 5.91 Å². The number of ketones is 1. The smallest absolute Gasteiger partial charge is 0.257 e. The van der Waals surface area contributed by atoms with Crippen LogP contribution in [0.3, 0.4) is 0 Å². The van der Waals surface area contributed by atoms with Crippen molar-refractivity contribution in [2.75, 3.05) is 39.0 Å². The number of fused-ring (bicyclic) bond motifs is 1. The molecule has 1 unspecified atom stereocenters. The molecule has 1 aliphatic rings. The number of hydrogen-bond donors (Lipinski definition) is 0. The average molecular weight is 429 g/mol. The SMILES string of the molecule is CS(=O)c1ccc(C(=O)CN2CCN(C(=O)c3cccn4ccnc34)CC2)cc1.O. The Kier molecular flexibility index (Phi) is 6.76. The number of aromatic nitrogens is 2. The maximum atomic E-state index is 12.9. The molecular weight excluding hydrogens is 404 g/mol. The van der Waals surface area contributed by atoms with Gasteiger partial charge < -0.3 is 14.8 Å². The number of Topliss-reactive ketones (excluding diaryl/α,β-unsaturated/α-hetero) is 1. The number of imidazole rings is 1. The molecule has 1 saturated heterocycles. The fourth-order valence-corrected chi connectivity index (χ4v) is 4.04. The first-order valence-corrected chi connectivity index (χ1v) is 11.0. The quantitative estimate of drug-likeness (QED) is 0.561. The van der Waals surface area contributed by atoms with Crippen molar-refractivity contribution in [3.8, 4) is 0 Å². The lowest BCUT2D eigenvalue weighted by Crippen LogP contribution is -2.50. The molecule has 1 atom stereocenters. The van der Waals surface area contributed by atoms with E-state index in [2.05, 4.69) is 9.88 Å². The Labute approximate surface area is 176 Å². The van der Waals surface area contributed by atoms with Gasteiger partial charge in [0.1, 0.15) is 5.65 Å². The molecule has 1 amide bonds. The van der Waals surface area contributed by atoms with Crippen molar-refractivity contribution < 1.29 is 19.3 Å². The van der Waals surface area contributed by atoms with Crippen molar-refractivity contribution in [3.05, 3.63) is 66.1 Å². The van der Waals surface area contributed by atoms with Crippen LogP contribution in [0.5, 0.6) is 0 Å². The second-order valence-corrected chi connectivity index (χ2v) is 8.43. The first kappa shape index (κ1) is 21.8. The molecule has 0 bridgehead atoms. The fourth-order valence-electron chi connectivity index (χ4n) is 3.52. The summed E-state index contributed by atoms with van der Waals surface area (Å²) >= 11 is 0. The Morgan fingerprint density at radius 1 is 1.03 bits per heavy atom. The van der Waals surface area contributed by atoms with Crippen LogP contribution in [0.2, 0.25) is 0 Å². The molecule has 9 heteroatoms. The maximum absolute atomic E-state index is 12.9. The molecule has 158 valence electrons. The number of benzene rings is 1. The molecule has 1 aromatic carbocycles.